The highest BCUT2D eigenvalue weighted by Gasteiger charge is 2.18. The lowest BCUT2D eigenvalue weighted by molar-refractivity contribution is -0.386. The van der Waals surface area contributed by atoms with Gasteiger partial charge in [-0.2, -0.15) is 0 Å². The lowest BCUT2D eigenvalue weighted by Gasteiger charge is -2.20. The zero-order valence-corrected chi connectivity index (χ0v) is 14.5. The van der Waals surface area contributed by atoms with E-state index in [-0.39, 0.29) is 11.3 Å². The molecule has 0 saturated heterocycles. The number of aromatic amines is 1. The molecule has 0 unspecified atom stereocenters. The van der Waals surface area contributed by atoms with Crippen molar-refractivity contribution >= 4 is 33.4 Å². The number of nitro groups is 1. The molecule has 2 aromatic heterocycles. The molecular formula is C18H18N4O4. The van der Waals surface area contributed by atoms with Crippen molar-refractivity contribution in [2.75, 3.05) is 13.1 Å². The standard InChI is InChI=1S/C18H18N4O4/c1-3-7-21(4-2)18(24)12-8-11-5-6-13-16(15(11)19-9-12)20-10-14(17(13)23)22(25)26/h5-6,8-10H,3-4,7H2,1-2H3,(H,20,23). The fraction of sp³-hybridized carbons (Fsp3) is 0.278. The number of fused-ring (bicyclic) bond motifs is 3. The van der Waals surface area contributed by atoms with E-state index in [2.05, 4.69) is 9.97 Å². The number of nitrogens with one attached hydrogen (secondary N) is 1. The molecule has 0 aliphatic carbocycles. The van der Waals surface area contributed by atoms with E-state index in [4.69, 9.17) is 0 Å². The van der Waals surface area contributed by atoms with Gasteiger partial charge in [0.05, 0.1) is 33.1 Å². The van der Waals surface area contributed by atoms with Gasteiger partial charge in [-0.1, -0.05) is 13.0 Å². The zero-order valence-electron chi connectivity index (χ0n) is 14.5. The molecule has 0 atom stereocenters. The smallest absolute Gasteiger partial charge is 0.332 e. The summed E-state index contributed by atoms with van der Waals surface area (Å²) in [6.07, 6.45) is 3.41. The second-order valence-corrected chi connectivity index (χ2v) is 5.93. The summed E-state index contributed by atoms with van der Waals surface area (Å²) in [6, 6.07) is 4.89. The van der Waals surface area contributed by atoms with Crippen molar-refractivity contribution in [1.29, 1.82) is 0 Å². The Hall–Kier alpha value is -3.29. The van der Waals surface area contributed by atoms with Gasteiger partial charge in [0.1, 0.15) is 0 Å². The van der Waals surface area contributed by atoms with Crippen molar-refractivity contribution in [3.05, 3.63) is 56.5 Å². The van der Waals surface area contributed by atoms with Gasteiger partial charge in [-0.05, 0) is 25.5 Å². The van der Waals surface area contributed by atoms with Crippen LogP contribution in [-0.2, 0) is 0 Å². The predicted octanol–water partition coefficient (Wildman–Crippen LogP) is 2.86. The summed E-state index contributed by atoms with van der Waals surface area (Å²) in [5.74, 6) is -0.0963. The Labute approximate surface area is 148 Å². The Morgan fingerprint density at radius 1 is 1.35 bits per heavy atom. The molecule has 0 aliphatic heterocycles. The fourth-order valence-corrected chi connectivity index (χ4v) is 2.99. The normalized spacial score (nSPS) is 11.0. The average molecular weight is 354 g/mol. The number of H-pyrrole nitrogens is 1. The summed E-state index contributed by atoms with van der Waals surface area (Å²) in [4.78, 5) is 43.9. The molecule has 3 aromatic rings. The lowest BCUT2D eigenvalue weighted by Crippen LogP contribution is -2.31. The highest BCUT2D eigenvalue weighted by molar-refractivity contribution is 6.05. The van der Waals surface area contributed by atoms with Gasteiger partial charge in [0.15, 0.2) is 0 Å². The number of pyridine rings is 2. The second kappa shape index (κ2) is 6.91. The van der Waals surface area contributed by atoms with E-state index in [9.17, 15) is 19.7 Å². The van der Waals surface area contributed by atoms with Crippen LogP contribution < -0.4 is 5.43 Å². The molecule has 0 saturated carbocycles. The van der Waals surface area contributed by atoms with Gasteiger partial charge in [0, 0.05) is 24.7 Å². The number of carbonyl (C=O) groups is 1. The van der Waals surface area contributed by atoms with Gasteiger partial charge in [-0.3, -0.25) is 24.7 Å². The summed E-state index contributed by atoms with van der Waals surface area (Å²) in [5.41, 5.74) is 0.202. The minimum atomic E-state index is -0.718. The van der Waals surface area contributed by atoms with Crippen LogP contribution in [0.3, 0.4) is 0 Å². The third-order valence-electron chi connectivity index (χ3n) is 4.29. The van der Waals surface area contributed by atoms with Crippen LogP contribution in [-0.4, -0.2) is 38.8 Å². The Bertz CT molecular complexity index is 1070. The Morgan fingerprint density at radius 3 is 2.77 bits per heavy atom. The largest absolute Gasteiger partial charge is 0.353 e. The monoisotopic (exact) mass is 354 g/mol. The maximum Gasteiger partial charge on any atom is 0.332 e. The average Bonchev–Trinajstić information content (AvgIpc) is 2.64. The molecule has 3 rings (SSSR count). The number of amides is 1. The van der Waals surface area contributed by atoms with Crippen LogP contribution in [0.15, 0.2) is 35.4 Å². The summed E-state index contributed by atoms with van der Waals surface area (Å²) in [7, 11) is 0. The third kappa shape index (κ3) is 2.90. The Morgan fingerprint density at radius 2 is 2.12 bits per heavy atom. The molecule has 0 spiro atoms. The summed E-state index contributed by atoms with van der Waals surface area (Å²) < 4.78 is 0. The van der Waals surface area contributed by atoms with Crippen molar-refractivity contribution in [2.45, 2.75) is 20.3 Å². The van der Waals surface area contributed by atoms with Gasteiger partial charge < -0.3 is 9.88 Å². The van der Waals surface area contributed by atoms with E-state index in [1.54, 1.807) is 17.0 Å². The van der Waals surface area contributed by atoms with Crippen LogP contribution in [0.2, 0.25) is 0 Å². The first-order valence-electron chi connectivity index (χ1n) is 8.35. The van der Waals surface area contributed by atoms with Gasteiger partial charge in [0.25, 0.3) is 11.3 Å². The molecule has 0 bridgehead atoms. The molecule has 1 amide bonds. The van der Waals surface area contributed by atoms with E-state index >= 15 is 0 Å². The Balaban J connectivity index is 2.14. The number of carbonyl (C=O) groups excluding carboxylic acids is 1. The first kappa shape index (κ1) is 17.5. The van der Waals surface area contributed by atoms with E-state index in [0.717, 1.165) is 12.6 Å². The molecule has 8 heteroatoms. The summed E-state index contributed by atoms with van der Waals surface area (Å²) in [5, 5.41) is 11.8. The van der Waals surface area contributed by atoms with Crippen molar-refractivity contribution in [3.8, 4) is 0 Å². The minimum absolute atomic E-state index is 0.0963. The van der Waals surface area contributed by atoms with E-state index in [1.807, 2.05) is 13.8 Å². The van der Waals surface area contributed by atoms with Crippen molar-refractivity contribution in [3.63, 3.8) is 0 Å². The maximum absolute atomic E-state index is 12.6. The van der Waals surface area contributed by atoms with Crippen LogP contribution in [0.4, 0.5) is 5.69 Å². The third-order valence-corrected chi connectivity index (χ3v) is 4.29. The van der Waals surface area contributed by atoms with Crippen LogP contribution in [0.5, 0.6) is 0 Å². The molecule has 134 valence electrons. The maximum atomic E-state index is 12.6. The lowest BCUT2D eigenvalue weighted by atomic mass is 10.1. The van der Waals surface area contributed by atoms with Crippen LogP contribution >= 0.6 is 0 Å². The first-order chi connectivity index (χ1) is 12.5. The van der Waals surface area contributed by atoms with Gasteiger partial charge in [-0.15, -0.1) is 0 Å². The minimum Gasteiger partial charge on any atom is -0.353 e. The molecule has 0 aliphatic rings. The number of rotatable bonds is 5. The van der Waals surface area contributed by atoms with Crippen molar-refractivity contribution < 1.29 is 9.72 Å². The van der Waals surface area contributed by atoms with E-state index < -0.39 is 16.0 Å². The topological polar surface area (TPSA) is 109 Å². The molecule has 8 nitrogen and oxygen atoms in total. The molecule has 1 aromatic carbocycles. The Kier molecular flexibility index (Phi) is 4.66. The fourth-order valence-electron chi connectivity index (χ4n) is 2.99. The van der Waals surface area contributed by atoms with Gasteiger partial charge >= 0.3 is 5.69 Å². The summed E-state index contributed by atoms with van der Waals surface area (Å²) in [6.45, 7) is 5.21. The first-order valence-corrected chi connectivity index (χ1v) is 8.35. The quantitative estimate of drug-likeness (QED) is 0.430. The molecule has 0 fully saturated rings. The number of hydrogen-bond acceptors (Lipinski definition) is 5. The number of benzene rings is 1. The molecule has 1 N–H and O–H groups in total. The van der Waals surface area contributed by atoms with Crippen molar-refractivity contribution in [1.82, 2.24) is 14.9 Å². The predicted molar refractivity (Wildman–Crippen MR) is 98.4 cm³/mol. The number of hydrogen-bond donors (Lipinski definition) is 1. The van der Waals surface area contributed by atoms with Gasteiger partial charge in [-0.25, -0.2) is 0 Å². The SMILES string of the molecule is CCCN(CC)C(=O)c1cnc2c(ccc3c(=O)c([N+](=O)[O-])c[nH]c32)c1. The number of nitrogens with zero attached hydrogens (tertiary/aromatic N) is 3. The number of aromatic nitrogens is 2. The summed E-state index contributed by atoms with van der Waals surface area (Å²) >= 11 is 0. The highest BCUT2D eigenvalue weighted by atomic mass is 16.6. The zero-order chi connectivity index (χ0) is 18.8. The highest BCUT2D eigenvalue weighted by Crippen LogP contribution is 2.22. The second-order valence-electron chi connectivity index (χ2n) is 5.93. The van der Waals surface area contributed by atoms with E-state index in [1.165, 1.54) is 12.3 Å². The van der Waals surface area contributed by atoms with Gasteiger partial charge in [0.2, 0.25) is 0 Å². The van der Waals surface area contributed by atoms with E-state index in [0.29, 0.717) is 35.1 Å². The molecule has 2 heterocycles. The molecular weight excluding hydrogens is 336 g/mol. The van der Waals surface area contributed by atoms with Crippen molar-refractivity contribution in [2.24, 2.45) is 0 Å². The van der Waals surface area contributed by atoms with Crippen LogP contribution in [0.1, 0.15) is 30.6 Å². The van der Waals surface area contributed by atoms with Crippen LogP contribution in [0.25, 0.3) is 21.8 Å². The molecule has 26 heavy (non-hydrogen) atoms. The molecule has 0 radical (unpaired) electrons. The van der Waals surface area contributed by atoms with Crippen LogP contribution in [0, 0.1) is 10.1 Å².